The van der Waals surface area contributed by atoms with Gasteiger partial charge in [0.1, 0.15) is 11.3 Å². The van der Waals surface area contributed by atoms with Crippen LogP contribution in [-0.2, 0) is 0 Å². The number of halogens is 1. The lowest BCUT2D eigenvalue weighted by Crippen LogP contribution is -2.14. The molecule has 0 bridgehead atoms. The van der Waals surface area contributed by atoms with E-state index in [0.29, 0.717) is 0 Å². The standard InChI is InChI=1S/C14H11FN2O4/c1-21-11-7-8(4-5-9(11)14(19)20)17-13(18)10-3-2-6-16-12(10)15/h2-7H,1H3,(H,17,18)(H,19,20). The van der Waals surface area contributed by atoms with Crippen molar-refractivity contribution in [2.75, 3.05) is 12.4 Å². The van der Waals surface area contributed by atoms with Gasteiger partial charge in [0, 0.05) is 18.0 Å². The summed E-state index contributed by atoms with van der Waals surface area (Å²) in [6.45, 7) is 0. The first-order valence-electron chi connectivity index (χ1n) is 5.86. The number of ether oxygens (including phenoxy) is 1. The Labute approximate surface area is 119 Å². The monoisotopic (exact) mass is 290 g/mol. The normalized spacial score (nSPS) is 10.0. The molecule has 0 spiro atoms. The van der Waals surface area contributed by atoms with E-state index in [-0.39, 0.29) is 22.6 Å². The minimum Gasteiger partial charge on any atom is -0.496 e. The number of nitrogens with one attached hydrogen (secondary N) is 1. The van der Waals surface area contributed by atoms with Gasteiger partial charge in [-0.2, -0.15) is 4.39 Å². The first kappa shape index (κ1) is 14.4. The van der Waals surface area contributed by atoms with Gasteiger partial charge in [-0.15, -0.1) is 0 Å². The number of benzene rings is 1. The van der Waals surface area contributed by atoms with Crippen LogP contribution in [0.3, 0.4) is 0 Å². The lowest BCUT2D eigenvalue weighted by Gasteiger charge is -2.09. The van der Waals surface area contributed by atoms with Gasteiger partial charge in [0.2, 0.25) is 5.95 Å². The van der Waals surface area contributed by atoms with E-state index < -0.39 is 17.8 Å². The number of carbonyl (C=O) groups is 2. The van der Waals surface area contributed by atoms with Crippen molar-refractivity contribution in [2.45, 2.75) is 0 Å². The van der Waals surface area contributed by atoms with Crippen LogP contribution in [0, 0.1) is 5.95 Å². The molecule has 1 amide bonds. The van der Waals surface area contributed by atoms with Crippen molar-refractivity contribution in [2.24, 2.45) is 0 Å². The van der Waals surface area contributed by atoms with E-state index in [9.17, 15) is 14.0 Å². The van der Waals surface area contributed by atoms with Crippen molar-refractivity contribution in [1.29, 1.82) is 0 Å². The van der Waals surface area contributed by atoms with Gasteiger partial charge in [0.05, 0.1) is 12.7 Å². The van der Waals surface area contributed by atoms with E-state index >= 15 is 0 Å². The van der Waals surface area contributed by atoms with E-state index in [1.165, 1.54) is 43.6 Å². The Balaban J connectivity index is 2.26. The molecule has 0 aliphatic heterocycles. The number of carbonyl (C=O) groups excluding carboxylic acids is 1. The first-order chi connectivity index (χ1) is 10.0. The van der Waals surface area contributed by atoms with Crippen LogP contribution in [-0.4, -0.2) is 29.1 Å². The van der Waals surface area contributed by atoms with Crippen LogP contribution < -0.4 is 10.1 Å². The number of carboxylic acids is 1. The van der Waals surface area contributed by atoms with Crippen molar-refractivity contribution in [3.05, 3.63) is 53.6 Å². The number of hydrogen-bond acceptors (Lipinski definition) is 4. The zero-order valence-electron chi connectivity index (χ0n) is 11.0. The second-order valence-electron chi connectivity index (χ2n) is 4.02. The van der Waals surface area contributed by atoms with Gasteiger partial charge >= 0.3 is 5.97 Å². The number of aromatic carboxylic acids is 1. The minimum absolute atomic E-state index is 0.0388. The number of nitrogens with zero attached hydrogens (tertiary/aromatic N) is 1. The molecule has 1 heterocycles. The Morgan fingerprint density at radius 3 is 2.67 bits per heavy atom. The Morgan fingerprint density at radius 1 is 1.29 bits per heavy atom. The van der Waals surface area contributed by atoms with Gasteiger partial charge in [0.25, 0.3) is 5.91 Å². The first-order valence-corrected chi connectivity index (χ1v) is 5.86. The maximum absolute atomic E-state index is 13.4. The summed E-state index contributed by atoms with van der Waals surface area (Å²) in [5.74, 6) is -2.63. The molecule has 0 aliphatic rings. The number of methoxy groups -OCH3 is 1. The van der Waals surface area contributed by atoms with Gasteiger partial charge in [-0.3, -0.25) is 4.79 Å². The topological polar surface area (TPSA) is 88.5 Å². The van der Waals surface area contributed by atoms with Gasteiger partial charge in [-0.1, -0.05) is 0 Å². The fourth-order valence-electron chi connectivity index (χ4n) is 1.70. The number of pyridine rings is 1. The molecule has 0 unspecified atom stereocenters. The zero-order valence-corrected chi connectivity index (χ0v) is 11.0. The number of aromatic nitrogens is 1. The molecule has 0 saturated heterocycles. The lowest BCUT2D eigenvalue weighted by atomic mass is 10.1. The van der Waals surface area contributed by atoms with Crippen LogP contribution in [0.4, 0.5) is 10.1 Å². The lowest BCUT2D eigenvalue weighted by molar-refractivity contribution is 0.0693. The second kappa shape index (κ2) is 6.00. The number of hydrogen-bond donors (Lipinski definition) is 2. The predicted molar refractivity (Wildman–Crippen MR) is 72.1 cm³/mol. The van der Waals surface area contributed by atoms with Crippen molar-refractivity contribution >= 4 is 17.6 Å². The summed E-state index contributed by atoms with van der Waals surface area (Å²) in [4.78, 5) is 26.2. The third-order valence-electron chi connectivity index (χ3n) is 2.69. The van der Waals surface area contributed by atoms with E-state index in [2.05, 4.69) is 10.3 Å². The molecule has 2 rings (SSSR count). The number of carboxylic acid groups (broad SMARTS) is 1. The smallest absolute Gasteiger partial charge is 0.339 e. The van der Waals surface area contributed by atoms with E-state index in [1.807, 2.05) is 0 Å². The molecule has 6 nitrogen and oxygen atoms in total. The third-order valence-corrected chi connectivity index (χ3v) is 2.69. The van der Waals surface area contributed by atoms with Crippen LogP contribution in [0.1, 0.15) is 20.7 Å². The molecule has 2 N–H and O–H groups in total. The van der Waals surface area contributed by atoms with E-state index in [4.69, 9.17) is 9.84 Å². The molecule has 0 fully saturated rings. The maximum Gasteiger partial charge on any atom is 0.339 e. The van der Waals surface area contributed by atoms with Gasteiger partial charge in [-0.25, -0.2) is 9.78 Å². The quantitative estimate of drug-likeness (QED) is 0.842. The van der Waals surface area contributed by atoms with Crippen LogP contribution >= 0.6 is 0 Å². The molecule has 7 heteroatoms. The fraction of sp³-hybridized carbons (Fsp3) is 0.0714. The van der Waals surface area contributed by atoms with Crippen molar-refractivity contribution in [3.8, 4) is 5.75 Å². The van der Waals surface area contributed by atoms with Gasteiger partial charge in [0.15, 0.2) is 0 Å². The molecular formula is C14H11FN2O4. The Bertz CT molecular complexity index is 703. The van der Waals surface area contributed by atoms with Crippen LogP contribution in [0.5, 0.6) is 5.75 Å². The fourth-order valence-corrected chi connectivity index (χ4v) is 1.70. The molecule has 0 radical (unpaired) electrons. The Hall–Kier alpha value is -2.96. The molecule has 2 aromatic rings. The van der Waals surface area contributed by atoms with Crippen molar-refractivity contribution in [3.63, 3.8) is 0 Å². The molecular weight excluding hydrogens is 279 g/mol. The highest BCUT2D eigenvalue weighted by Crippen LogP contribution is 2.23. The molecule has 0 atom stereocenters. The van der Waals surface area contributed by atoms with Crippen LogP contribution in [0.15, 0.2) is 36.5 Å². The predicted octanol–water partition coefficient (Wildman–Crippen LogP) is 2.18. The highest BCUT2D eigenvalue weighted by molar-refractivity contribution is 6.04. The minimum atomic E-state index is -1.15. The van der Waals surface area contributed by atoms with Gasteiger partial charge < -0.3 is 15.2 Å². The maximum atomic E-state index is 13.4. The van der Waals surface area contributed by atoms with Crippen molar-refractivity contribution < 1.29 is 23.8 Å². The summed E-state index contributed by atoms with van der Waals surface area (Å²) in [6.07, 6.45) is 1.23. The Morgan fingerprint density at radius 2 is 2.05 bits per heavy atom. The van der Waals surface area contributed by atoms with Crippen LogP contribution in [0.25, 0.3) is 0 Å². The van der Waals surface area contributed by atoms with E-state index in [0.717, 1.165) is 0 Å². The molecule has 1 aromatic carbocycles. The average Bonchev–Trinajstić information content (AvgIpc) is 2.47. The third kappa shape index (κ3) is 3.14. The second-order valence-corrected chi connectivity index (χ2v) is 4.02. The summed E-state index contributed by atoms with van der Waals surface area (Å²) in [6, 6.07) is 6.75. The summed E-state index contributed by atoms with van der Waals surface area (Å²) in [5, 5.41) is 11.4. The summed E-state index contributed by atoms with van der Waals surface area (Å²) >= 11 is 0. The van der Waals surface area contributed by atoms with Gasteiger partial charge in [-0.05, 0) is 24.3 Å². The largest absolute Gasteiger partial charge is 0.496 e. The zero-order chi connectivity index (χ0) is 15.4. The summed E-state index contributed by atoms with van der Waals surface area (Å²) in [5.41, 5.74) is 0.0342. The number of amides is 1. The molecule has 0 aliphatic carbocycles. The van der Waals surface area contributed by atoms with Crippen molar-refractivity contribution in [1.82, 2.24) is 4.98 Å². The molecule has 21 heavy (non-hydrogen) atoms. The summed E-state index contributed by atoms with van der Waals surface area (Å²) in [7, 11) is 1.31. The highest BCUT2D eigenvalue weighted by Gasteiger charge is 2.15. The molecule has 0 saturated carbocycles. The number of rotatable bonds is 4. The number of anilines is 1. The van der Waals surface area contributed by atoms with E-state index in [1.54, 1.807) is 0 Å². The Kier molecular flexibility index (Phi) is 4.13. The SMILES string of the molecule is COc1cc(NC(=O)c2cccnc2F)ccc1C(=O)O. The average molecular weight is 290 g/mol. The molecule has 108 valence electrons. The summed E-state index contributed by atoms with van der Waals surface area (Å²) < 4.78 is 18.3. The highest BCUT2D eigenvalue weighted by atomic mass is 19.1. The molecule has 1 aromatic heterocycles. The van der Waals surface area contributed by atoms with Crippen LogP contribution in [0.2, 0.25) is 0 Å².